The van der Waals surface area contributed by atoms with E-state index in [0.29, 0.717) is 6.54 Å². The van der Waals surface area contributed by atoms with E-state index >= 15 is 0 Å². The Hall–Kier alpha value is -1.79. The Morgan fingerprint density at radius 3 is 2.00 bits per heavy atom. The van der Waals surface area contributed by atoms with Crippen LogP contribution in [0.3, 0.4) is 0 Å². The van der Waals surface area contributed by atoms with Gasteiger partial charge in [0, 0.05) is 6.54 Å². The topological polar surface area (TPSA) is 108 Å². The second-order valence-corrected chi connectivity index (χ2v) is 5.32. The van der Waals surface area contributed by atoms with E-state index < -0.39 is 23.0 Å². The van der Waals surface area contributed by atoms with Crippen LogP contribution in [0.5, 0.6) is 0 Å². The first-order chi connectivity index (χ1) is 8.54. The third-order valence-corrected chi connectivity index (χ3v) is 3.31. The lowest BCUT2D eigenvalue weighted by atomic mass is 9.74. The Balaban J connectivity index is 4.47. The predicted octanol–water partition coefficient (Wildman–Crippen LogP) is 0.311. The molecule has 3 amide bonds. The first-order valence-electron chi connectivity index (χ1n) is 6.10. The molecule has 0 rings (SSSR count). The summed E-state index contributed by atoms with van der Waals surface area (Å²) in [4.78, 5) is 34.0. The number of carboxylic acids is 1. The standard InChI is InChI=1S/C12H23N3O4/c1-6-13-8(16)7-14-10(19)15-12(4,5)11(2,3)9(17)18/h6-7H2,1-5H3,(H,13,16)(H,17,18)(H2,14,15,19). The van der Waals surface area contributed by atoms with Crippen LogP contribution in [0.4, 0.5) is 4.79 Å². The van der Waals surface area contributed by atoms with Crippen molar-refractivity contribution in [2.75, 3.05) is 13.1 Å². The first-order valence-corrected chi connectivity index (χ1v) is 6.10. The van der Waals surface area contributed by atoms with Gasteiger partial charge in [0.2, 0.25) is 5.91 Å². The number of carboxylic acid groups (broad SMARTS) is 1. The average molecular weight is 273 g/mol. The Kier molecular flexibility index (Phi) is 5.80. The highest BCUT2D eigenvalue weighted by atomic mass is 16.4. The number of nitrogens with one attached hydrogen (secondary N) is 3. The fraction of sp³-hybridized carbons (Fsp3) is 0.750. The van der Waals surface area contributed by atoms with E-state index in [2.05, 4.69) is 16.0 Å². The zero-order valence-electron chi connectivity index (χ0n) is 12.1. The molecule has 0 aromatic carbocycles. The van der Waals surface area contributed by atoms with E-state index in [4.69, 9.17) is 5.11 Å². The van der Waals surface area contributed by atoms with Gasteiger partial charge in [0.15, 0.2) is 0 Å². The van der Waals surface area contributed by atoms with Crippen LogP contribution in [0.1, 0.15) is 34.6 Å². The smallest absolute Gasteiger partial charge is 0.315 e. The molecule has 0 aliphatic rings. The number of aliphatic carboxylic acids is 1. The molecular weight excluding hydrogens is 250 g/mol. The number of hydrogen-bond acceptors (Lipinski definition) is 3. The molecule has 19 heavy (non-hydrogen) atoms. The van der Waals surface area contributed by atoms with E-state index in [-0.39, 0.29) is 12.5 Å². The lowest BCUT2D eigenvalue weighted by Crippen LogP contribution is -2.59. The number of hydrogen-bond donors (Lipinski definition) is 4. The minimum atomic E-state index is -1.14. The van der Waals surface area contributed by atoms with Crippen LogP contribution in [0, 0.1) is 5.41 Å². The third-order valence-electron chi connectivity index (χ3n) is 3.31. The minimum absolute atomic E-state index is 0.150. The molecule has 0 saturated heterocycles. The molecule has 0 aromatic rings. The van der Waals surface area contributed by atoms with Crippen molar-refractivity contribution in [2.24, 2.45) is 5.41 Å². The van der Waals surface area contributed by atoms with Gasteiger partial charge in [-0.25, -0.2) is 4.79 Å². The molecule has 0 fully saturated rings. The highest BCUT2D eigenvalue weighted by molar-refractivity contribution is 5.85. The van der Waals surface area contributed by atoms with Crippen LogP contribution in [-0.2, 0) is 9.59 Å². The molecule has 0 aliphatic heterocycles. The van der Waals surface area contributed by atoms with Gasteiger partial charge in [-0.3, -0.25) is 9.59 Å². The number of carbonyl (C=O) groups excluding carboxylic acids is 2. The molecule has 0 aliphatic carbocycles. The van der Waals surface area contributed by atoms with Gasteiger partial charge in [0.05, 0.1) is 17.5 Å². The van der Waals surface area contributed by atoms with Gasteiger partial charge in [-0.15, -0.1) is 0 Å². The van der Waals surface area contributed by atoms with Crippen LogP contribution >= 0.6 is 0 Å². The lowest BCUT2D eigenvalue weighted by Gasteiger charge is -2.38. The van der Waals surface area contributed by atoms with Crippen molar-refractivity contribution in [2.45, 2.75) is 40.2 Å². The molecular formula is C12H23N3O4. The SMILES string of the molecule is CCNC(=O)CNC(=O)NC(C)(C)C(C)(C)C(=O)O. The van der Waals surface area contributed by atoms with Crippen molar-refractivity contribution in [3.63, 3.8) is 0 Å². The highest BCUT2D eigenvalue weighted by Gasteiger charge is 2.44. The summed E-state index contributed by atoms with van der Waals surface area (Å²) in [5, 5.41) is 16.6. The summed E-state index contributed by atoms with van der Waals surface area (Å²) in [7, 11) is 0. The Morgan fingerprint density at radius 1 is 1.05 bits per heavy atom. The monoisotopic (exact) mass is 273 g/mol. The van der Waals surface area contributed by atoms with Crippen molar-refractivity contribution >= 4 is 17.9 Å². The summed E-state index contributed by atoms with van der Waals surface area (Å²) in [6.45, 7) is 8.40. The summed E-state index contributed by atoms with van der Waals surface area (Å²) in [6, 6.07) is -0.578. The van der Waals surface area contributed by atoms with Crippen LogP contribution in [0.25, 0.3) is 0 Å². The van der Waals surface area contributed by atoms with Crippen molar-refractivity contribution in [3.05, 3.63) is 0 Å². The van der Waals surface area contributed by atoms with Crippen LogP contribution in [0.2, 0.25) is 0 Å². The van der Waals surface area contributed by atoms with Crippen molar-refractivity contribution in [1.82, 2.24) is 16.0 Å². The number of rotatable bonds is 6. The fourth-order valence-corrected chi connectivity index (χ4v) is 1.17. The maximum Gasteiger partial charge on any atom is 0.315 e. The molecule has 0 heterocycles. The summed E-state index contributed by atoms with van der Waals surface area (Å²) in [5.74, 6) is -1.31. The van der Waals surface area contributed by atoms with Crippen LogP contribution in [0.15, 0.2) is 0 Å². The molecule has 0 atom stereocenters. The van der Waals surface area contributed by atoms with Crippen LogP contribution < -0.4 is 16.0 Å². The molecule has 0 radical (unpaired) electrons. The second kappa shape index (κ2) is 6.40. The number of amides is 3. The van der Waals surface area contributed by atoms with Gasteiger partial charge in [0.1, 0.15) is 0 Å². The van der Waals surface area contributed by atoms with Gasteiger partial charge in [0.25, 0.3) is 0 Å². The molecule has 0 spiro atoms. The minimum Gasteiger partial charge on any atom is -0.481 e. The van der Waals surface area contributed by atoms with E-state index in [1.54, 1.807) is 20.8 Å². The Labute approximate surface area is 113 Å². The summed E-state index contributed by atoms with van der Waals surface area (Å²) < 4.78 is 0. The molecule has 7 heteroatoms. The molecule has 0 saturated carbocycles. The zero-order valence-corrected chi connectivity index (χ0v) is 12.1. The third kappa shape index (κ3) is 4.76. The van der Waals surface area contributed by atoms with Gasteiger partial charge >= 0.3 is 12.0 Å². The number of urea groups is 1. The molecule has 0 unspecified atom stereocenters. The normalized spacial score (nSPS) is 11.6. The van der Waals surface area contributed by atoms with E-state index in [1.165, 1.54) is 13.8 Å². The van der Waals surface area contributed by atoms with Crippen LogP contribution in [-0.4, -0.2) is 41.6 Å². The molecule has 4 N–H and O–H groups in total. The fourth-order valence-electron chi connectivity index (χ4n) is 1.17. The number of carbonyl (C=O) groups is 3. The van der Waals surface area contributed by atoms with E-state index in [1.807, 2.05) is 0 Å². The maximum atomic E-state index is 11.6. The summed E-state index contributed by atoms with van der Waals surface area (Å²) in [6.07, 6.45) is 0. The first kappa shape index (κ1) is 17.2. The summed E-state index contributed by atoms with van der Waals surface area (Å²) >= 11 is 0. The van der Waals surface area contributed by atoms with Gasteiger partial charge in [-0.1, -0.05) is 0 Å². The Morgan fingerprint density at radius 2 is 1.58 bits per heavy atom. The zero-order chi connectivity index (χ0) is 15.3. The molecule has 110 valence electrons. The maximum absolute atomic E-state index is 11.6. The van der Waals surface area contributed by atoms with Crippen molar-refractivity contribution < 1.29 is 19.5 Å². The number of likely N-dealkylation sites (N-methyl/N-ethyl adjacent to an activating group) is 1. The lowest BCUT2D eigenvalue weighted by molar-refractivity contribution is -0.150. The van der Waals surface area contributed by atoms with E-state index in [9.17, 15) is 14.4 Å². The quantitative estimate of drug-likeness (QED) is 0.558. The summed E-state index contributed by atoms with van der Waals surface area (Å²) in [5.41, 5.74) is -2.11. The molecule has 0 bridgehead atoms. The average Bonchev–Trinajstić information content (AvgIpc) is 2.25. The van der Waals surface area contributed by atoms with Crippen molar-refractivity contribution in [1.29, 1.82) is 0 Å². The molecule has 7 nitrogen and oxygen atoms in total. The molecule has 0 aromatic heterocycles. The largest absolute Gasteiger partial charge is 0.481 e. The second-order valence-electron chi connectivity index (χ2n) is 5.32. The highest BCUT2D eigenvalue weighted by Crippen LogP contribution is 2.30. The predicted molar refractivity (Wildman–Crippen MR) is 70.7 cm³/mol. The van der Waals surface area contributed by atoms with E-state index in [0.717, 1.165) is 0 Å². The van der Waals surface area contributed by atoms with Gasteiger partial charge in [-0.2, -0.15) is 0 Å². The van der Waals surface area contributed by atoms with Gasteiger partial charge in [-0.05, 0) is 34.6 Å². The Bertz CT molecular complexity index is 364. The van der Waals surface area contributed by atoms with Crippen molar-refractivity contribution in [3.8, 4) is 0 Å². The van der Waals surface area contributed by atoms with Gasteiger partial charge < -0.3 is 21.1 Å².